The fraction of sp³-hybridized carbons (Fsp3) is 0.457. The van der Waals surface area contributed by atoms with Crippen LogP contribution < -0.4 is 0 Å². The fourth-order valence-corrected chi connectivity index (χ4v) is 7.74. The summed E-state index contributed by atoms with van der Waals surface area (Å²) in [6.45, 7) is 5.44. The summed E-state index contributed by atoms with van der Waals surface area (Å²) in [5.41, 5.74) is -0.437. The van der Waals surface area contributed by atoms with Gasteiger partial charge in [-0.05, 0) is 30.4 Å². The van der Waals surface area contributed by atoms with Crippen molar-refractivity contribution in [2.24, 2.45) is 11.8 Å². The number of likely N-dealkylation sites (tertiary alicyclic amines) is 1. The lowest BCUT2D eigenvalue weighted by Crippen LogP contribution is -2.59. The van der Waals surface area contributed by atoms with Gasteiger partial charge in [0, 0.05) is 26.2 Å². The van der Waals surface area contributed by atoms with Crippen molar-refractivity contribution in [3.8, 4) is 0 Å². The molecule has 0 radical (unpaired) electrons. The van der Waals surface area contributed by atoms with Crippen LogP contribution in [0.15, 0.2) is 85.0 Å². The smallest absolute Gasteiger partial charge is 0.249 e. The van der Waals surface area contributed by atoms with Crippen LogP contribution in [-0.4, -0.2) is 87.1 Å². The fourth-order valence-electron chi connectivity index (χ4n) is 7.74. The number of carbonyl (C=O) groups is 3. The lowest BCUT2D eigenvalue weighted by molar-refractivity contribution is -0.157. The number of nitrogens with zero attached hydrogens (tertiary/aromatic N) is 3. The van der Waals surface area contributed by atoms with Crippen LogP contribution in [0.5, 0.6) is 0 Å². The Morgan fingerprint density at radius 3 is 2.14 bits per heavy atom. The minimum Gasteiger partial charge on any atom is -0.394 e. The SMILES string of the molecule is CCCN1CC=C[C@]2(CC)O[C@]34C=CCN(Cc5ccccc5)C(=O)C3N([C@@H](CO)Cc3ccccc3)C(=O)[C@@H]4[C@@H]2C1=O. The Labute approximate surface area is 253 Å². The topological polar surface area (TPSA) is 90.4 Å². The van der Waals surface area contributed by atoms with Gasteiger partial charge in [0.15, 0.2) is 0 Å². The first kappa shape index (κ1) is 29.3. The Bertz CT molecular complexity index is 1410. The van der Waals surface area contributed by atoms with E-state index in [9.17, 15) is 19.5 Å². The van der Waals surface area contributed by atoms with Gasteiger partial charge in [0.05, 0.1) is 30.1 Å². The highest BCUT2D eigenvalue weighted by Gasteiger charge is 2.75. The monoisotopic (exact) mass is 583 g/mol. The molecule has 1 unspecified atom stereocenters. The van der Waals surface area contributed by atoms with Crippen LogP contribution in [0.4, 0.5) is 0 Å². The molecule has 8 nitrogen and oxygen atoms in total. The first-order chi connectivity index (χ1) is 20.9. The molecule has 6 atom stereocenters. The summed E-state index contributed by atoms with van der Waals surface area (Å²) < 4.78 is 7.08. The first-order valence-electron chi connectivity index (χ1n) is 15.5. The molecule has 8 heteroatoms. The van der Waals surface area contributed by atoms with E-state index in [-0.39, 0.29) is 24.3 Å². The molecule has 0 aromatic heterocycles. The van der Waals surface area contributed by atoms with Gasteiger partial charge in [-0.25, -0.2) is 0 Å². The van der Waals surface area contributed by atoms with Crippen LogP contribution >= 0.6 is 0 Å². The maximum Gasteiger partial charge on any atom is 0.249 e. The average molecular weight is 584 g/mol. The number of hydrogen-bond acceptors (Lipinski definition) is 5. The van der Waals surface area contributed by atoms with Gasteiger partial charge in [0.1, 0.15) is 11.6 Å². The van der Waals surface area contributed by atoms with E-state index >= 15 is 0 Å². The maximum absolute atomic E-state index is 14.8. The molecule has 0 saturated carbocycles. The third kappa shape index (κ3) is 4.81. The van der Waals surface area contributed by atoms with Crippen LogP contribution in [0.25, 0.3) is 0 Å². The number of aliphatic hydroxyl groups is 1. The third-order valence-corrected chi connectivity index (χ3v) is 9.67. The Morgan fingerprint density at radius 2 is 1.49 bits per heavy atom. The Kier molecular flexibility index (Phi) is 8.00. The van der Waals surface area contributed by atoms with E-state index in [0.29, 0.717) is 39.0 Å². The zero-order chi connectivity index (χ0) is 30.2. The molecule has 1 N–H and O–H groups in total. The van der Waals surface area contributed by atoms with Crippen molar-refractivity contribution < 1.29 is 24.2 Å². The van der Waals surface area contributed by atoms with Crippen LogP contribution in [0.3, 0.4) is 0 Å². The minimum atomic E-state index is -1.35. The molecule has 226 valence electrons. The highest BCUT2D eigenvalue weighted by molar-refractivity contribution is 6.00. The number of amides is 3. The van der Waals surface area contributed by atoms with Crippen molar-refractivity contribution in [2.75, 3.05) is 26.2 Å². The molecule has 2 aromatic carbocycles. The molecule has 3 amide bonds. The van der Waals surface area contributed by atoms with Crippen LogP contribution in [0, 0.1) is 11.8 Å². The summed E-state index contributed by atoms with van der Waals surface area (Å²) in [7, 11) is 0. The summed E-state index contributed by atoms with van der Waals surface area (Å²) in [4.78, 5) is 49.0. The molecule has 2 aromatic rings. The molecule has 0 aliphatic carbocycles. The summed E-state index contributed by atoms with van der Waals surface area (Å²) in [5, 5.41) is 10.7. The molecule has 43 heavy (non-hydrogen) atoms. The average Bonchev–Trinajstić information content (AvgIpc) is 3.33. The predicted octanol–water partition coefficient (Wildman–Crippen LogP) is 3.36. The minimum absolute atomic E-state index is 0.112. The van der Waals surface area contributed by atoms with Crippen molar-refractivity contribution in [3.63, 3.8) is 0 Å². The lowest BCUT2D eigenvalue weighted by atomic mass is 9.73. The van der Waals surface area contributed by atoms with Gasteiger partial charge in [-0.1, -0.05) is 98.8 Å². The summed E-state index contributed by atoms with van der Waals surface area (Å²) >= 11 is 0. The van der Waals surface area contributed by atoms with Crippen molar-refractivity contribution in [2.45, 2.75) is 62.9 Å². The summed E-state index contributed by atoms with van der Waals surface area (Å²) in [5.74, 6) is -2.33. The van der Waals surface area contributed by atoms with E-state index in [0.717, 1.165) is 17.5 Å². The molecule has 2 fully saturated rings. The van der Waals surface area contributed by atoms with E-state index in [1.807, 2.05) is 104 Å². The normalized spacial score (nSPS) is 30.6. The highest BCUT2D eigenvalue weighted by atomic mass is 16.5. The van der Waals surface area contributed by atoms with Gasteiger partial charge in [0.25, 0.3) is 0 Å². The van der Waals surface area contributed by atoms with Gasteiger partial charge >= 0.3 is 0 Å². The number of hydrogen-bond donors (Lipinski definition) is 1. The van der Waals surface area contributed by atoms with E-state index in [1.54, 1.807) is 9.80 Å². The number of aliphatic hydroxyl groups excluding tert-OH is 1. The van der Waals surface area contributed by atoms with Crippen LogP contribution in [0.2, 0.25) is 0 Å². The molecule has 6 rings (SSSR count). The second-order valence-electron chi connectivity index (χ2n) is 12.2. The second kappa shape index (κ2) is 11.7. The predicted molar refractivity (Wildman–Crippen MR) is 162 cm³/mol. The molecule has 2 saturated heterocycles. The van der Waals surface area contributed by atoms with Gasteiger partial charge < -0.3 is 24.5 Å². The highest BCUT2D eigenvalue weighted by Crippen LogP contribution is 2.59. The van der Waals surface area contributed by atoms with E-state index < -0.39 is 35.1 Å². The molecular weight excluding hydrogens is 542 g/mol. The zero-order valence-electron chi connectivity index (χ0n) is 25.0. The third-order valence-electron chi connectivity index (χ3n) is 9.67. The van der Waals surface area contributed by atoms with Gasteiger partial charge in [-0.2, -0.15) is 0 Å². The molecule has 4 aliphatic heterocycles. The molecule has 4 heterocycles. The maximum atomic E-state index is 14.8. The van der Waals surface area contributed by atoms with Crippen molar-refractivity contribution in [1.82, 2.24) is 14.7 Å². The standard InChI is InChI=1S/C35H41N3O5/c1-3-19-36-20-11-17-34(4-2)28(31(36)40)29-32(41)38(27(24-39)22-25-13-7-5-8-14-25)30-33(42)37(21-12-18-35(29,30)43-34)23-26-15-9-6-10-16-26/h5-18,27-30,39H,3-4,19-24H2,1-2H3/t27-,28-,29+,30?,34+,35+/m1/s1. The lowest BCUT2D eigenvalue weighted by Gasteiger charge is -2.41. The summed E-state index contributed by atoms with van der Waals surface area (Å²) in [6, 6.07) is 17.8. The number of fused-ring (bicyclic) bond motifs is 2. The number of benzene rings is 2. The Hall–Kier alpha value is -3.75. The first-order valence-corrected chi connectivity index (χ1v) is 15.5. The molecular formula is C35H41N3O5. The number of rotatable bonds is 9. The van der Waals surface area contributed by atoms with E-state index in [4.69, 9.17) is 4.74 Å². The zero-order valence-corrected chi connectivity index (χ0v) is 25.0. The van der Waals surface area contributed by atoms with Crippen LogP contribution in [0.1, 0.15) is 37.8 Å². The molecule has 4 aliphatic rings. The van der Waals surface area contributed by atoms with Crippen molar-refractivity contribution >= 4 is 17.7 Å². The quantitative estimate of drug-likeness (QED) is 0.458. The van der Waals surface area contributed by atoms with Crippen molar-refractivity contribution in [3.05, 3.63) is 96.1 Å². The van der Waals surface area contributed by atoms with E-state index in [1.165, 1.54) is 0 Å². The van der Waals surface area contributed by atoms with Gasteiger partial charge in [-0.3, -0.25) is 14.4 Å². The molecule has 0 bridgehead atoms. The Morgan fingerprint density at radius 1 is 0.837 bits per heavy atom. The van der Waals surface area contributed by atoms with Crippen LogP contribution in [-0.2, 0) is 32.1 Å². The van der Waals surface area contributed by atoms with E-state index in [2.05, 4.69) is 0 Å². The Balaban J connectivity index is 1.48. The second-order valence-corrected chi connectivity index (χ2v) is 12.2. The number of carbonyl (C=O) groups excluding carboxylic acids is 3. The van der Waals surface area contributed by atoms with Gasteiger partial charge in [0.2, 0.25) is 17.7 Å². The molecule has 1 spiro atoms. The van der Waals surface area contributed by atoms with Crippen molar-refractivity contribution in [1.29, 1.82) is 0 Å². The summed E-state index contributed by atoms with van der Waals surface area (Å²) in [6.07, 6.45) is 9.40. The number of ether oxygens (including phenoxy) is 1. The van der Waals surface area contributed by atoms with Gasteiger partial charge in [-0.15, -0.1) is 0 Å². The largest absolute Gasteiger partial charge is 0.394 e.